The summed E-state index contributed by atoms with van der Waals surface area (Å²) in [5.41, 5.74) is 3.40. The van der Waals surface area contributed by atoms with Crippen LogP contribution in [0.2, 0.25) is 0 Å². The average molecular weight is 368 g/mol. The predicted molar refractivity (Wildman–Crippen MR) is 105 cm³/mol. The van der Waals surface area contributed by atoms with Crippen molar-refractivity contribution >= 4 is 17.3 Å². The van der Waals surface area contributed by atoms with Crippen LogP contribution in [0.25, 0.3) is 0 Å². The molecule has 0 saturated carbocycles. The Bertz CT molecular complexity index is 845. The Kier molecular flexibility index (Phi) is 5.71. The van der Waals surface area contributed by atoms with Crippen molar-refractivity contribution in [3.8, 4) is 0 Å². The van der Waals surface area contributed by atoms with E-state index in [0.717, 1.165) is 38.4 Å². The average Bonchev–Trinajstić information content (AvgIpc) is 2.69. The Morgan fingerprint density at radius 2 is 1.85 bits per heavy atom. The highest BCUT2D eigenvalue weighted by Crippen LogP contribution is 2.26. The summed E-state index contributed by atoms with van der Waals surface area (Å²) in [4.78, 5) is 27.3. The molecule has 3 rings (SSSR count). The first kappa shape index (κ1) is 18.8. The highest BCUT2D eigenvalue weighted by molar-refractivity contribution is 5.99. The van der Waals surface area contributed by atoms with E-state index in [1.807, 2.05) is 0 Å². The van der Waals surface area contributed by atoms with Gasteiger partial charge in [0.2, 0.25) is 0 Å². The van der Waals surface area contributed by atoms with Gasteiger partial charge in [-0.25, -0.2) is 0 Å². The van der Waals surface area contributed by atoms with Gasteiger partial charge in [-0.05, 0) is 30.2 Å². The predicted octanol–water partition coefficient (Wildman–Crippen LogP) is 2.59. The van der Waals surface area contributed by atoms with Crippen molar-refractivity contribution in [2.24, 2.45) is 0 Å². The van der Waals surface area contributed by atoms with E-state index in [1.54, 1.807) is 12.1 Å². The van der Waals surface area contributed by atoms with Gasteiger partial charge in [0.15, 0.2) is 0 Å². The first-order valence-electron chi connectivity index (χ1n) is 9.02. The molecule has 27 heavy (non-hydrogen) atoms. The number of hydrogen-bond acceptors (Lipinski definition) is 5. The lowest BCUT2D eigenvalue weighted by Crippen LogP contribution is -2.46. The molecule has 1 aliphatic heterocycles. The van der Waals surface area contributed by atoms with Crippen molar-refractivity contribution in [2.45, 2.75) is 13.5 Å². The number of nitro benzene ring substituents is 1. The summed E-state index contributed by atoms with van der Waals surface area (Å²) in [6, 6.07) is 13.2. The Labute approximate surface area is 158 Å². The number of piperazine rings is 1. The number of nitrogens with zero attached hydrogens (tertiary/aromatic N) is 3. The fraction of sp³-hybridized carbons (Fsp3) is 0.350. The van der Waals surface area contributed by atoms with Crippen molar-refractivity contribution in [3.05, 3.63) is 69.3 Å². The molecule has 0 radical (unpaired) electrons. The first-order valence-corrected chi connectivity index (χ1v) is 9.02. The molecular weight excluding hydrogens is 344 g/mol. The van der Waals surface area contributed by atoms with Crippen molar-refractivity contribution in [1.82, 2.24) is 10.2 Å². The minimum Gasteiger partial charge on any atom is -0.369 e. The van der Waals surface area contributed by atoms with E-state index >= 15 is 0 Å². The van der Waals surface area contributed by atoms with Gasteiger partial charge in [0, 0.05) is 51.5 Å². The molecule has 0 atom stereocenters. The highest BCUT2D eigenvalue weighted by Gasteiger charge is 2.23. The molecule has 0 spiro atoms. The van der Waals surface area contributed by atoms with Crippen LogP contribution in [0.5, 0.6) is 0 Å². The molecule has 142 valence electrons. The van der Waals surface area contributed by atoms with Crippen LogP contribution < -0.4 is 10.2 Å². The summed E-state index contributed by atoms with van der Waals surface area (Å²) in [6.45, 7) is 6.49. The molecule has 7 nitrogen and oxygen atoms in total. The van der Waals surface area contributed by atoms with Gasteiger partial charge in [-0.3, -0.25) is 19.8 Å². The third-order valence-electron chi connectivity index (χ3n) is 5.04. The number of hydrogen-bond donors (Lipinski definition) is 1. The second-order valence-electron chi connectivity index (χ2n) is 6.73. The summed E-state index contributed by atoms with van der Waals surface area (Å²) >= 11 is 0. The number of nitrogens with one attached hydrogen (secondary N) is 1. The second kappa shape index (κ2) is 8.18. The molecule has 7 heteroatoms. The minimum absolute atomic E-state index is 0.0994. The van der Waals surface area contributed by atoms with E-state index in [-0.39, 0.29) is 11.3 Å². The largest absolute Gasteiger partial charge is 0.369 e. The van der Waals surface area contributed by atoms with Crippen LogP contribution in [0.1, 0.15) is 21.5 Å². The Balaban J connectivity index is 1.70. The summed E-state index contributed by atoms with van der Waals surface area (Å²) < 4.78 is 0. The Morgan fingerprint density at radius 1 is 1.15 bits per heavy atom. The van der Waals surface area contributed by atoms with Crippen molar-refractivity contribution in [3.63, 3.8) is 0 Å². The lowest BCUT2D eigenvalue weighted by molar-refractivity contribution is -0.385. The molecule has 1 amide bonds. The molecule has 1 fully saturated rings. The molecule has 0 aliphatic carbocycles. The van der Waals surface area contributed by atoms with E-state index < -0.39 is 10.8 Å². The van der Waals surface area contributed by atoms with Crippen LogP contribution in [0, 0.1) is 17.0 Å². The normalized spacial score (nSPS) is 14.8. The molecule has 2 aromatic carbocycles. The number of aryl methyl sites for hydroxylation is 1. The maximum atomic E-state index is 12.0. The van der Waals surface area contributed by atoms with Crippen molar-refractivity contribution in [2.75, 3.05) is 38.1 Å². The summed E-state index contributed by atoms with van der Waals surface area (Å²) in [7, 11) is 1.48. The van der Waals surface area contributed by atoms with Crippen LogP contribution in [0.15, 0.2) is 42.5 Å². The molecule has 1 aliphatic rings. The number of nitro groups is 1. The zero-order valence-corrected chi connectivity index (χ0v) is 15.6. The van der Waals surface area contributed by atoms with Gasteiger partial charge in [0.25, 0.3) is 11.6 Å². The lowest BCUT2D eigenvalue weighted by atomic mass is 10.1. The molecule has 0 aromatic heterocycles. The summed E-state index contributed by atoms with van der Waals surface area (Å²) in [5, 5.41) is 13.7. The number of benzene rings is 2. The topological polar surface area (TPSA) is 78.7 Å². The van der Waals surface area contributed by atoms with Crippen molar-refractivity contribution < 1.29 is 9.72 Å². The number of carbonyl (C=O) groups excluding carboxylic acids is 1. The minimum atomic E-state index is -0.519. The van der Waals surface area contributed by atoms with Crippen LogP contribution in [-0.2, 0) is 6.54 Å². The van der Waals surface area contributed by atoms with E-state index in [2.05, 4.69) is 46.3 Å². The molecular formula is C20H24N4O3. The van der Waals surface area contributed by atoms with E-state index in [4.69, 9.17) is 0 Å². The molecule has 2 aromatic rings. The summed E-state index contributed by atoms with van der Waals surface area (Å²) in [5.74, 6) is -0.443. The third-order valence-corrected chi connectivity index (χ3v) is 5.04. The van der Waals surface area contributed by atoms with E-state index in [0.29, 0.717) is 0 Å². The molecule has 0 bridgehead atoms. The Morgan fingerprint density at radius 3 is 2.48 bits per heavy atom. The number of anilines is 1. The standard InChI is InChI=1S/C20H24N4O3/c1-15-5-3-4-6-16(15)14-22-9-11-23(12-10-22)17-7-8-19(24(26)27)18(13-17)20(25)21-2/h3-8,13H,9-12,14H2,1-2H3,(H,21,25). The highest BCUT2D eigenvalue weighted by atomic mass is 16.6. The zero-order valence-electron chi connectivity index (χ0n) is 15.6. The SMILES string of the molecule is CNC(=O)c1cc(N2CCN(Cc3ccccc3C)CC2)ccc1[N+](=O)[O-]. The maximum Gasteiger partial charge on any atom is 0.282 e. The second-order valence-corrected chi connectivity index (χ2v) is 6.73. The van der Waals surface area contributed by atoms with Crippen LogP contribution in [0.3, 0.4) is 0 Å². The molecule has 1 saturated heterocycles. The van der Waals surface area contributed by atoms with Crippen LogP contribution in [0.4, 0.5) is 11.4 Å². The molecule has 1 heterocycles. The van der Waals surface area contributed by atoms with Gasteiger partial charge in [-0.2, -0.15) is 0 Å². The fourth-order valence-corrected chi connectivity index (χ4v) is 3.39. The maximum absolute atomic E-state index is 12.0. The smallest absolute Gasteiger partial charge is 0.282 e. The van der Waals surface area contributed by atoms with Gasteiger partial charge >= 0.3 is 0 Å². The molecule has 0 unspecified atom stereocenters. The van der Waals surface area contributed by atoms with Crippen LogP contribution >= 0.6 is 0 Å². The quantitative estimate of drug-likeness (QED) is 0.648. The number of carbonyl (C=O) groups is 1. The zero-order chi connectivity index (χ0) is 19.4. The Hall–Kier alpha value is -2.93. The number of rotatable bonds is 5. The van der Waals surface area contributed by atoms with Crippen molar-refractivity contribution in [1.29, 1.82) is 0 Å². The monoisotopic (exact) mass is 368 g/mol. The van der Waals surface area contributed by atoms with Crippen LogP contribution in [-0.4, -0.2) is 49.0 Å². The fourth-order valence-electron chi connectivity index (χ4n) is 3.39. The van der Waals surface area contributed by atoms with Gasteiger partial charge in [-0.1, -0.05) is 24.3 Å². The van der Waals surface area contributed by atoms with Gasteiger partial charge in [0.05, 0.1) is 4.92 Å². The van der Waals surface area contributed by atoms with E-state index in [1.165, 1.54) is 24.2 Å². The number of amides is 1. The first-order chi connectivity index (χ1) is 13.0. The van der Waals surface area contributed by atoms with Gasteiger partial charge in [0.1, 0.15) is 5.56 Å². The lowest BCUT2D eigenvalue weighted by Gasteiger charge is -2.36. The van der Waals surface area contributed by atoms with E-state index in [9.17, 15) is 14.9 Å². The molecule has 1 N–H and O–H groups in total. The third kappa shape index (κ3) is 4.25. The summed E-state index contributed by atoms with van der Waals surface area (Å²) in [6.07, 6.45) is 0. The van der Waals surface area contributed by atoms with Gasteiger partial charge < -0.3 is 10.2 Å². The van der Waals surface area contributed by atoms with Gasteiger partial charge in [-0.15, -0.1) is 0 Å².